The standard InChI is InChI=1S/C12H8NO6P/c14-7-1-3-9-11(5-7)18-12-6-8(19-20(15,16)17)2-4-10(12)13-9/h1-6H,(H2,15,16,17)/p-2. The van der Waals surface area contributed by atoms with Crippen LogP contribution in [0.25, 0.3) is 22.6 Å². The lowest BCUT2D eigenvalue weighted by molar-refractivity contribution is -0.333. The van der Waals surface area contributed by atoms with E-state index in [1.165, 1.54) is 36.4 Å². The second-order valence-electron chi connectivity index (χ2n) is 4.01. The van der Waals surface area contributed by atoms with E-state index < -0.39 is 7.82 Å². The van der Waals surface area contributed by atoms with Crippen LogP contribution in [0.1, 0.15) is 0 Å². The van der Waals surface area contributed by atoms with E-state index in [4.69, 9.17) is 4.42 Å². The van der Waals surface area contributed by atoms with Crippen molar-refractivity contribution in [2.24, 2.45) is 0 Å². The van der Waals surface area contributed by atoms with Gasteiger partial charge in [-0.25, -0.2) is 4.98 Å². The quantitative estimate of drug-likeness (QED) is 0.498. The van der Waals surface area contributed by atoms with Gasteiger partial charge in [-0.2, -0.15) is 0 Å². The van der Waals surface area contributed by atoms with Crippen LogP contribution < -0.4 is 19.7 Å². The van der Waals surface area contributed by atoms with Crippen molar-refractivity contribution in [3.8, 4) is 17.2 Å². The zero-order valence-electron chi connectivity index (χ0n) is 9.81. The number of phosphoric acid groups is 1. The van der Waals surface area contributed by atoms with Gasteiger partial charge in [0, 0.05) is 12.1 Å². The summed E-state index contributed by atoms with van der Waals surface area (Å²) in [6.45, 7) is 0. The van der Waals surface area contributed by atoms with E-state index in [-0.39, 0.29) is 22.5 Å². The Bertz CT molecular complexity index is 867. The first-order valence-corrected chi connectivity index (χ1v) is 6.93. The molecule has 0 N–H and O–H groups in total. The minimum Gasteiger partial charge on any atom is -0.780 e. The number of hydrogen-bond donors (Lipinski definition) is 0. The van der Waals surface area contributed by atoms with Crippen LogP contribution in [-0.2, 0) is 4.57 Å². The van der Waals surface area contributed by atoms with Gasteiger partial charge in [0.15, 0.2) is 16.8 Å². The highest BCUT2D eigenvalue weighted by Gasteiger charge is 2.10. The first kappa shape index (κ1) is 12.8. The maximum atomic E-state index is 11.2. The average molecular weight is 291 g/mol. The maximum absolute atomic E-state index is 11.2. The molecule has 0 radical (unpaired) electrons. The maximum Gasteiger partial charge on any atom is 0.182 e. The number of fused-ring (bicyclic) bond motifs is 2. The van der Waals surface area contributed by atoms with Gasteiger partial charge in [-0.05, 0) is 24.3 Å². The van der Waals surface area contributed by atoms with Gasteiger partial charge in [0.25, 0.3) is 0 Å². The summed E-state index contributed by atoms with van der Waals surface area (Å²) in [4.78, 5) is 36.6. The highest BCUT2D eigenvalue weighted by atomic mass is 31.2. The molecule has 1 aliphatic carbocycles. The van der Waals surface area contributed by atoms with Crippen molar-refractivity contribution in [2.45, 2.75) is 0 Å². The van der Waals surface area contributed by atoms with E-state index in [0.29, 0.717) is 11.2 Å². The second-order valence-corrected chi connectivity index (χ2v) is 5.09. The third kappa shape index (κ3) is 2.55. The lowest BCUT2D eigenvalue weighted by atomic mass is 10.2. The van der Waals surface area contributed by atoms with E-state index in [1.54, 1.807) is 0 Å². The number of rotatable bonds is 2. The van der Waals surface area contributed by atoms with E-state index >= 15 is 0 Å². The molecule has 0 atom stereocenters. The van der Waals surface area contributed by atoms with Crippen LogP contribution in [0.3, 0.4) is 0 Å². The lowest BCUT2D eigenvalue weighted by Gasteiger charge is -2.28. The number of benzene rings is 2. The molecule has 1 aromatic carbocycles. The molecule has 0 unspecified atom stereocenters. The van der Waals surface area contributed by atoms with Crippen molar-refractivity contribution in [1.82, 2.24) is 4.98 Å². The van der Waals surface area contributed by atoms with E-state index in [1.807, 2.05) is 0 Å². The molecule has 0 saturated carbocycles. The van der Waals surface area contributed by atoms with Crippen LogP contribution in [-0.4, -0.2) is 4.98 Å². The van der Waals surface area contributed by atoms with Crippen LogP contribution in [0, 0.1) is 0 Å². The molecule has 0 aromatic heterocycles. The molecule has 102 valence electrons. The summed E-state index contributed by atoms with van der Waals surface area (Å²) < 4.78 is 20.2. The molecule has 7 nitrogen and oxygen atoms in total. The number of aromatic nitrogens is 1. The van der Waals surface area contributed by atoms with Gasteiger partial charge < -0.3 is 23.3 Å². The largest absolute Gasteiger partial charge is 0.780 e. The van der Waals surface area contributed by atoms with Crippen molar-refractivity contribution in [3.63, 3.8) is 0 Å². The van der Waals surface area contributed by atoms with Crippen LogP contribution in [0.5, 0.6) is 5.75 Å². The van der Waals surface area contributed by atoms with Gasteiger partial charge in [-0.3, -0.25) is 4.79 Å². The highest BCUT2D eigenvalue weighted by Crippen LogP contribution is 2.32. The molecule has 3 rings (SSSR count). The highest BCUT2D eigenvalue weighted by molar-refractivity contribution is 7.43. The van der Waals surface area contributed by atoms with Gasteiger partial charge in [0.1, 0.15) is 24.8 Å². The third-order valence-electron chi connectivity index (χ3n) is 2.54. The molecule has 0 saturated heterocycles. The average Bonchev–Trinajstić information content (AvgIpc) is 2.34. The molecule has 1 aliphatic heterocycles. The van der Waals surface area contributed by atoms with Crippen molar-refractivity contribution in [1.29, 1.82) is 0 Å². The summed E-state index contributed by atoms with van der Waals surface area (Å²) in [7, 11) is -5.13. The van der Waals surface area contributed by atoms with Gasteiger partial charge in [-0.15, -0.1) is 0 Å². The summed E-state index contributed by atoms with van der Waals surface area (Å²) in [5, 5.41) is 0. The normalized spacial score (nSPS) is 11.9. The number of hydrogen-bond acceptors (Lipinski definition) is 7. The molecule has 0 amide bonds. The Morgan fingerprint density at radius 2 is 1.95 bits per heavy atom. The Morgan fingerprint density at radius 3 is 2.70 bits per heavy atom. The van der Waals surface area contributed by atoms with E-state index in [0.717, 1.165) is 0 Å². The summed E-state index contributed by atoms with van der Waals surface area (Å²) in [5.74, 6) is 0.0867. The molecule has 1 aromatic rings. The summed E-state index contributed by atoms with van der Waals surface area (Å²) in [5.41, 5.74) is 0.895. The monoisotopic (exact) mass is 291 g/mol. The minimum absolute atomic E-state index is 0.172. The van der Waals surface area contributed by atoms with E-state index in [2.05, 4.69) is 9.51 Å². The number of nitrogens with zero attached hydrogens (tertiary/aromatic N) is 1. The Labute approximate surface area is 112 Å². The fourth-order valence-electron chi connectivity index (χ4n) is 1.77. The molecule has 8 heteroatoms. The first-order chi connectivity index (χ1) is 9.40. The van der Waals surface area contributed by atoms with Gasteiger partial charge in [-0.1, -0.05) is 0 Å². The zero-order valence-corrected chi connectivity index (χ0v) is 10.7. The zero-order chi connectivity index (χ0) is 14.3. The van der Waals surface area contributed by atoms with Crippen LogP contribution in [0.4, 0.5) is 0 Å². The summed E-state index contributed by atoms with van der Waals surface area (Å²) in [6, 6.07) is 8.12. The van der Waals surface area contributed by atoms with E-state index in [9.17, 15) is 19.1 Å². The molecular weight excluding hydrogens is 285 g/mol. The molecule has 20 heavy (non-hydrogen) atoms. The molecule has 0 spiro atoms. The van der Waals surface area contributed by atoms with Gasteiger partial charge in [0.05, 0.1) is 0 Å². The topological polar surface area (TPSA) is 116 Å². The molecule has 2 aliphatic rings. The Morgan fingerprint density at radius 1 is 1.15 bits per heavy atom. The van der Waals surface area contributed by atoms with Crippen LogP contribution >= 0.6 is 7.82 Å². The first-order valence-electron chi connectivity index (χ1n) is 5.47. The Hall–Kier alpha value is -2.21. The van der Waals surface area contributed by atoms with Crippen molar-refractivity contribution in [3.05, 3.63) is 46.6 Å². The van der Waals surface area contributed by atoms with Crippen LogP contribution in [0.2, 0.25) is 0 Å². The number of phosphoric ester groups is 1. The Balaban J connectivity index is 2.19. The molecular formula is C12H6NO6P-2. The third-order valence-corrected chi connectivity index (χ3v) is 2.98. The van der Waals surface area contributed by atoms with Crippen molar-refractivity contribution >= 4 is 18.9 Å². The molecule has 1 heterocycles. The second kappa shape index (κ2) is 4.42. The van der Waals surface area contributed by atoms with Crippen LogP contribution in [0.15, 0.2) is 45.6 Å². The predicted molar refractivity (Wildman–Crippen MR) is 65.1 cm³/mol. The van der Waals surface area contributed by atoms with Gasteiger partial charge >= 0.3 is 0 Å². The summed E-state index contributed by atoms with van der Waals surface area (Å²) in [6.07, 6.45) is 0. The molecule has 0 bridgehead atoms. The van der Waals surface area contributed by atoms with Gasteiger partial charge in [0.2, 0.25) is 0 Å². The Kier molecular flexibility index (Phi) is 2.83. The fraction of sp³-hybridized carbons (Fsp3) is 0. The minimum atomic E-state index is -5.13. The lowest BCUT2D eigenvalue weighted by Crippen LogP contribution is -2.18. The molecule has 0 fully saturated rings. The van der Waals surface area contributed by atoms with Crippen molar-refractivity contribution in [2.75, 3.05) is 0 Å². The predicted octanol–water partition coefficient (Wildman–Crippen LogP) is 0.500. The SMILES string of the molecule is O=c1ccc2nc3ccc(OP(=O)([O-])[O-])cc3oc-2c1. The fourth-order valence-corrected chi connectivity index (χ4v) is 2.14. The van der Waals surface area contributed by atoms with Crippen molar-refractivity contribution < 1.29 is 23.3 Å². The summed E-state index contributed by atoms with van der Waals surface area (Å²) >= 11 is 0. The smallest absolute Gasteiger partial charge is 0.182 e.